The molecule has 0 aliphatic heterocycles. The number of nitro benzene ring substituents is 1. The molecule has 6 nitrogen and oxygen atoms in total. The van der Waals surface area contributed by atoms with Crippen molar-refractivity contribution < 1.29 is 14.8 Å². The second-order valence-corrected chi connectivity index (χ2v) is 5.99. The van der Waals surface area contributed by atoms with Crippen LogP contribution in [0.5, 0.6) is 0 Å². The maximum atomic E-state index is 12.3. The molecule has 1 amide bonds. The minimum absolute atomic E-state index is 0.0406. The highest BCUT2D eigenvalue weighted by Crippen LogP contribution is 2.25. The van der Waals surface area contributed by atoms with E-state index in [-0.39, 0.29) is 40.7 Å². The smallest absolute Gasteiger partial charge is 0.270 e. The number of aliphatic hydroxyl groups excluding tert-OH is 1. The molecule has 1 fully saturated rings. The predicted octanol–water partition coefficient (Wildman–Crippen LogP) is 2.92. The maximum Gasteiger partial charge on any atom is 0.270 e. The lowest BCUT2D eigenvalue weighted by atomic mass is 9.95. The molecule has 0 heterocycles. The zero-order chi connectivity index (χ0) is 16.1. The Morgan fingerprint density at radius 1 is 1.36 bits per heavy atom. The molecule has 2 rings (SSSR count). The number of amides is 1. The van der Waals surface area contributed by atoms with Crippen LogP contribution in [0.3, 0.4) is 0 Å². The van der Waals surface area contributed by atoms with Crippen molar-refractivity contribution in [2.24, 2.45) is 5.92 Å². The van der Waals surface area contributed by atoms with E-state index in [9.17, 15) is 20.0 Å². The van der Waals surface area contributed by atoms with Gasteiger partial charge in [-0.1, -0.05) is 30.9 Å². The van der Waals surface area contributed by atoms with Crippen molar-refractivity contribution in [2.45, 2.75) is 38.1 Å². The van der Waals surface area contributed by atoms with Gasteiger partial charge >= 0.3 is 0 Å². The molecule has 2 atom stereocenters. The minimum Gasteiger partial charge on any atom is -0.396 e. The number of non-ortho nitro benzene ring substituents is 1. The van der Waals surface area contributed by atoms with Crippen molar-refractivity contribution in [3.63, 3.8) is 0 Å². The van der Waals surface area contributed by atoms with Crippen LogP contribution in [-0.2, 0) is 0 Å². The summed E-state index contributed by atoms with van der Waals surface area (Å²) in [4.78, 5) is 22.5. The Hall–Kier alpha value is -1.66. The summed E-state index contributed by atoms with van der Waals surface area (Å²) in [7, 11) is 0. The summed E-state index contributed by atoms with van der Waals surface area (Å²) in [5.74, 6) is -0.312. The van der Waals surface area contributed by atoms with Gasteiger partial charge in [0.25, 0.3) is 11.6 Å². The van der Waals surface area contributed by atoms with Gasteiger partial charge in [0.15, 0.2) is 0 Å². The number of carbonyl (C=O) groups excluding carboxylic acids is 1. The van der Waals surface area contributed by atoms with E-state index in [1.807, 2.05) is 0 Å². The summed E-state index contributed by atoms with van der Waals surface area (Å²) < 4.78 is 0. The molecule has 0 saturated heterocycles. The van der Waals surface area contributed by atoms with E-state index >= 15 is 0 Å². The van der Waals surface area contributed by atoms with Crippen LogP contribution < -0.4 is 5.32 Å². The molecule has 1 aliphatic carbocycles. The third kappa shape index (κ3) is 3.96. The van der Waals surface area contributed by atoms with E-state index in [0.717, 1.165) is 32.1 Å². The Morgan fingerprint density at radius 2 is 2.09 bits per heavy atom. The molecule has 2 N–H and O–H groups in total. The highest BCUT2D eigenvalue weighted by molar-refractivity contribution is 6.34. The van der Waals surface area contributed by atoms with Crippen LogP contribution in [0.25, 0.3) is 0 Å². The highest BCUT2D eigenvalue weighted by atomic mass is 35.5. The fourth-order valence-electron chi connectivity index (χ4n) is 2.84. The molecule has 1 aliphatic rings. The van der Waals surface area contributed by atoms with Gasteiger partial charge in [-0.3, -0.25) is 14.9 Å². The molecule has 0 aromatic heterocycles. The predicted molar refractivity (Wildman–Crippen MR) is 83.0 cm³/mol. The molecule has 1 saturated carbocycles. The highest BCUT2D eigenvalue weighted by Gasteiger charge is 2.26. The van der Waals surface area contributed by atoms with Crippen LogP contribution in [0, 0.1) is 16.0 Å². The number of nitro groups is 1. The molecule has 22 heavy (non-hydrogen) atoms. The average Bonchev–Trinajstić information content (AvgIpc) is 2.71. The first-order valence-corrected chi connectivity index (χ1v) is 7.76. The molecule has 0 spiro atoms. The number of hydrogen-bond donors (Lipinski definition) is 2. The van der Waals surface area contributed by atoms with Gasteiger partial charge in [0.2, 0.25) is 0 Å². The minimum atomic E-state index is -0.555. The van der Waals surface area contributed by atoms with Crippen LogP contribution in [0.2, 0.25) is 5.02 Å². The van der Waals surface area contributed by atoms with Gasteiger partial charge in [-0.05, 0) is 18.9 Å². The van der Waals surface area contributed by atoms with E-state index in [2.05, 4.69) is 5.32 Å². The van der Waals surface area contributed by atoms with Gasteiger partial charge in [0.1, 0.15) is 0 Å². The lowest BCUT2D eigenvalue weighted by molar-refractivity contribution is -0.384. The number of rotatable bonds is 4. The monoisotopic (exact) mass is 326 g/mol. The van der Waals surface area contributed by atoms with Crippen molar-refractivity contribution in [1.82, 2.24) is 5.32 Å². The van der Waals surface area contributed by atoms with Crippen LogP contribution >= 0.6 is 11.6 Å². The summed E-state index contributed by atoms with van der Waals surface area (Å²) in [5.41, 5.74) is 0.0671. The molecule has 0 radical (unpaired) electrons. The fourth-order valence-corrected chi connectivity index (χ4v) is 3.10. The first-order chi connectivity index (χ1) is 10.5. The molecule has 120 valence electrons. The quantitative estimate of drug-likeness (QED) is 0.505. The Labute approximate surface area is 133 Å². The first-order valence-electron chi connectivity index (χ1n) is 7.38. The average molecular weight is 327 g/mol. The maximum absolute atomic E-state index is 12.3. The van der Waals surface area contributed by atoms with E-state index in [1.165, 1.54) is 18.2 Å². The Morgan fingerprint density at radius 3 is 2.73 bits per heavy atom. The van der Waals surface area contributed by atoms with Crippen molar-refractivity contribution in [2.75, 3.05) is 6.61 Å². The third-order valence-electron chi connectivity index (χ3n) is 4.12. The zero-order valence-electron chi connectivity index (χ0n) is 12.1. The van der Waals surface area contributed by atoms with Crippen LogP contribution in [-0.4, -0.2) is 28.6 Å². The fraction of sp³-hybridized carbons (Fsp3) is 0.533. The molecule has 2 unspecified atom stereocenters. The zero-order valence-corrected chi connectivity index (χ0v) is 12.9. The van der Waals surface area contributed by atoms with Crippen LogP contribution in [0.15, 0.2) is 18.2 Å². The van der Waals surface area contributed by atoms with Gasteiger partial charge in [0, 0.05) is 30.7 Å². The summed E-state index contributed by atoms with van der Waals surface area (Å²) >= 11 is 5.97. The largest absolute Gasteiger partial charge is 0.396 e. The van der Waals surface area contributed by atoms with E-state index in [1.54, 1.807) is 0 Å². The molecule has 7 heteroatoms. The number of nitrogens with zero attached hydrogens (tertiary/aromatic N) is 1. The van der Waals surface area contributed by atoms with Crippen molar-refractivity contribution >= 4 is 23.2 Å². The third-order valence-corrected chi connectivity index (χ3v) is 4.43. The number of benzene rings is 1. The number of carbonyl (C=O) groups is 1. The van der Waals surface area contributed by atoms with Crippen molar-refractivity contribution in [3.05, 3.63) is 38.9 Å². The first kappa shape index (κ1) is 16.7. The topological polar surface area (TPSA) is 92.5 Å². The molecule has 1 aromatic rings. The summed E-state index contributed by atoms with van der Waals surface area (Å²) in [5, 5.41) is 23.1. The number of hydrogen-bond acceptors (Lipinski definition) is 4. The van der Waals surface area contributed by atoms with Gasteiger partial charge < -0.3 is 10.4 Å². The molecule has 1 aromatic carbocycles. The van der Waals surface area contributed by atoms with Crippen LogP contribution in [0.4, 0.5) is 5.69 Å². The second-order valence-electron chi connectivity index (χ2n) is 5.58. The van der Waals surface area contributed by atoms with Gasteiger partial charge in [-0.2, -0.15) is 0 Å². The molecular formula is C15H19ClN2O4. The van der Waals surface area contributed by atoms with Crippen molar-refractivity contribution in [3.8, 4) is 0 Å². The van der Waals surface area contributed by atoms with Gasteiger partial charge in [0.05, 0.1) is 15.5 Å². The lowest BCUT2D eigenvalue weighted by Gasteiger charge is -2.24. The van der Waals surface area contributed by atoms with E-state index in [4.69, 9.17) is 11.6 Å². The molecule has 0 bridgehead atoms. The van der Waals surface area contributed by atoms with Crippen molar-refractivity contribution in [1.29, 1.82) is 0 Å². The summed E-state index contributed by atoms with van der Waals surface area (Å²) in [6.07, 6.45) is 4.86. The Bertz CT molecular complexity index is 564. The van der Waals surface area contributed by atoms with Gasteiger partial charge in [-0.15, -0.1) is 0 Å². The van der Waals surface area contributed by atoms with Crippen LogP contribution in [0.1, 0.15) is 42.5 Å². The standard InChI is InChI=1S/C15H19ClN2O4/c16-13-8-11(18(21)22)6-7-12(13)15(20)17-14-5-3-1-2-4-10(14)9-19/h6-8,10,14,19H,1-5,9H2,(H,17,20). The Kier molecular flexibility index (Phi) is 5.74. The normalized spacial score (nSPS) is 21.9. The van der Waals surface area contributed by atoms with E-state index < -0.39 is 4.92 Å². The number of aliphatic hydroxyl groups is 1. The lowest BCUT2D eigenvalue weighted by Crippen LogP contribution is -2.41. The second kappa shape index (κ2) is 7.56. The Balaban J connectivity index is 2.12. The molecular weight excluding hydrogens is 308 g/mol. The SMILES string of the molecule is O=C(NC1CCCCCC1CO)c1ccc([N+](=O)[O-])cc1Cl. The van der Waals surface area contributed by atoms with Gasteiger partial charge in [-0.25, -0.2) is 0 Å². The van der Waals surface area contributed by atoms with E-state index in [0.29, 0.717) is 0 Å². The number of nitrogens with one attached hydrogen (secondary N) is 1. The number of halogens is 1. The summed E-state index contributed by atoms with van der Waals surface area (Å²) in [6, 6.07) is 3.71. The summed E-state index contributed by atoms with van der Waals surface area (Å²) in [6.45, 7) is 0.0406.